The minimum atomic E-state index is -0.621. The van der Waals surface area contributed by atoms with Gasteiger partial charge in [0, 0.05) is 0 Å². The molecule has 0 aliphatic heterocycles. The van der Waals surface area contributed by atoms with E-state index in [-0.39, 0.29) is 17.6 Å². The molecule has 0 atom stereocenters. The van der Waals surface area contributed by atoms with Gasteiger partial charge in [-0.15, -0.1) is 6.42 Å². The van der Waals surface area contributed by atoms with Crippen LogP contribution in [-0.2, 0) is 6.54 Å². The monoisotopic (exact) mass is 303 g/mol. The van der Waals surface area contributed by atoms with Gasteiger partial charge in [-0.05, 0) is 28.1 Å². The molecule has 0 spiro atoms. The molecule has 0 radical (unpaired) electrons. The van der Waals surface area contributed by atoms with E-state index in [0.717, 1.165) is 0 Å². The number of aromatic hydroxyl groups is 1. The minimum absolute atomic E-state index is 0.00755. The number of hydrogen-bond acceptors (Lipinski definition) is 4. The third-order valence-corrected chi connectivity index (χ3v) is 2.85. The van der Waals surface area contributed by atoms with Crippen molar-refractivity contribution in [3.05, 3.63) is 32.7 Å². The molecule has 6 heteroatoms. The number of nitrogens with zero attached hydrogens (tertiary/aromatic N) is 3. The van der Waals surface area contributed by atoms with Gasteiger partial charge in [-0.3, -0.25) is 9.36 Å². The van der Waals surface area contributed by atoms with Crippen LogP contribution in [-0.4, -0.2) is 14.7 Å². The number of hydrogen-bond donors (Lipinski definition) is 1. The highest BCUT2D eigenvalue weighted by Crippen LogP contribution is 2.25. The largest absolute Gasteiger partial charge is 0.504 e. The summed E-state index contributed by atoms with van der Waals surface area (Å²) in [5, 5.41) is 18.8. The molecular weight excluding hydrogens is 298 g/mol. The van der Waals surface area contributed by atoms with Crippen molar-refractivity contribution >= 4 is 27.0 Å². The molecule has 2 aromatic rings. The van der Waals surface area contributed by atoms with E-state index >= 15 is 0 Å². The first-order chi connectivity index (χ1) is 8.60. The van der Waals surface area contributed by atoms with E-state index < -0.39 is 11.3 Å². The van der Waals surface area contributed by atoms with Gasteiger partial charge >= 0.3 is 0 Å². The van der Waals surface area contributed by atoms with Gasteiger partial charge in [0.05, 0.1) is 12.1 Å². The van der Waals surface area contributed by atoms with Crippen LogP contribution in [0.25, 0.3) is 11.0 Å². The third-order valence-electron chi connectivity index (χ3n) is 2.41. The molecule has 2 heterocycles. The van der Waals surface area contributed by atoms with Gasteiger partial charge in [0.2, 0.25) is 0 Å². The second-order valence-corrected chi connectivity index (χ2v) is 4.25. The van der Waals surface area contributed by atoms with Crippen LogP contribution in [0.5, 0.6) is 5.75 Å². The fourth-order valence-electron chi connectivity index (χ4n) is 1.63. The summed E-state index contributed by atoms with van der Waals surface area (Å²) >= 11 is 3.16. The van der Waals surface area contributed by atoms with Crippen molar-refractivity contribution < 1.29 is 5.11 Å². The highest BCUT2D eigenvalue weighted by molar-refractivity contribution is 9.10. The average molecular weight is 304 g/mol. The van der Waals surface area contributed by atoms with Crippen LogP contribution in [0.15, 0.2) is 21.5 Å². The number of terminal acetylenes is 1. The highest BCUT2D eigenvalue weighted by Gasteiger charge is 2.16. The number of pyridine rings is 2. The van der Waals surface area contributed by atoms with E-state index in [1.165, 1.54) is 4.57 Å². The van der Waals surface area contributed by atoms with Crippen LogP contribution >= 0.6 is 15.9 Å². The van der Waals surface area contributed by atoms with Crippen LogP contribution in [0.2, 0.25) is 0 Å². The number of fused-ring (bicyclic) bond motifs is 1. The summed E-state index contributed by atoms with van der Waals surface area (Å²) < 4.78 is 1.72. The fraction of sp³-hybridized carbons (Fsp3) is 0.0833. The minimum Gasteiger partial charge on any atom is -0.504 e. The van der Waals surface area contributed by atoms with Crippen molar-refractivity contribution in [2.75, 3.05) is 0 Å². The van der Waals surface area contributed by atoms with Gasteiger partial charge in [-0.25, -0.2) is 4.98 Å². The summed E-state index contributed by atoms with van der Waals surface area (Å²) in [6.07, 6.45) is 5.20. The number of halogens is 1. The zero-order valence-electron chi connectivity index (χ0n) is 9.01. The first kappa shape index (κ1) is 12.2. The molecule has 18 heavy (non-hydrogen) atoms. The molecule has 0 aromatic carbocycles. The van der Waals surface area contributed by atoms with Crippen molar-refractivity contribution in [2.45, 2.75) is 6.54 Å². The Morgan fingerprint density at radius 2 is 2.28 bits per heavy atom. The molecule has 0 fully saturated rings. The van der Waals surface area contributed by atoms with Crippen molar-refractivity contribution in [1.29, 1.82) is 5.26 Å². The Morgan fingerprint density at radius 3 is 2.89 bits per heavy atom. The Morgan fingerprint density at radius 1 is 1.56 bits per heavy atom. The normalized spacial score (nSPS) is 9.94. The highest BCUT2D eigenvalue weighted by atomic mass is 79.9. The van der Waals surface area contributed by atoms with Crippen LogP contribution in [0.3, 0.4) is 0 Å². The van der Waals surface area contributed by atoms with Gasteiger partial charge < -0.3 is 5.11 Å². The van der Waals surface area contributed by atoms with Crippen LogP contribution < -0.4 is 5.56 Å². The number of nitriles is 1. The molecular formula is C12H6BrN3O2. The summed E-state index contributed by atoms with van der Waals surface area (Å²) in [7, 11) is 0. The molecule has 0 aliphatic carbocycles. The predicted molar refractivity (Wildman–Crippen MR) is 68.9 cm³/mol. The topological polar surface area (TPSA) is 78.9 Å². The molecule has 88 valence electrons. The lowest BCUT2D eigenvalue weighted by atomic mass is 10.2. The summed E-state index contributed by atoms with van der Waals surface area (Å²) in [5.41, 5.74) is -0.429. The molecule has 5 nitrogen and oxygen atoms in total. The Bertz CT molecular complexity index is 781. The van der Waals surface area contributed by atoms with Crippen molar-refractivity contribution in [3.8, 4) is 24.2 Å². The molecule has 2 rings (SSSR count). The number of aromatic nitrogens is 2. The van der Waals surface area contributed by atoms with E-state index in [2.05, 4.69) is 26.8 Å². The molecule has 2 aromatic heterocycles. The molecule has 0 unspecified atom stereocenters. The summed E-state index contributed by atoms with van der Waals surface area (Å²) in [4.78, 5) is 16.0. The standard InChI is InChI=1S/C12H6BrN3O2/c1-2-5-16-8-3-4-9(13)15-10(8)11(17)7(6-14)12(16)18/h1,3-4,17H,5H2. The first-order valence-electron chi connectivity index (χ1n) is 4.85. The molecule has 1 N–H and O–H groups in total. The third kappa shape index (κ3) is 1.73. The lowest BCUT2D eigenvalue weighted by Crippen LogP contribution is -2.23. The second kappa shape index (κ2) is 4.52. The molecule has 0 saturated heterocycles. The summed E-state index contributed by atoms with van der Waals surface area (Å²) in [5.74, 6) is 1.91. The van der Waals surface area contributed by atoms with Gasteiger partial charge in [-0.2, -0.15) is 5.26 Å². The maximum absolute atomic E-state index is 12.0. The lowest BCUT2D eigenvalue weighted by Gasteiger charge is -2.09. The average Bonchev–Trinajstić information content (AvgIpc) is 2.35. The quantitative estimate of drug-likeness (QED) is 0.637. The van der Waals surface area contributed by atoms with E-state index in [1.54, 1.807) is 18.2 Å². The van der Waals surface area contributed by atoms with Crippen LogP contribution in [0, 0.1) is 23.7 Å². The zero-order valence-corrected chi connectivity index (χ0v) is 10.6. The molecule has 0 aliphatic rings. The van der Waals surface area contributed by atoms with Gasteiger partial charge in [0.1, 0.15) is 16.2 Å². The first-order valence-corrected chi connectivity index (χ1v) is 5.65. The van der Waals surface area contributed by atoms with Gasteiger partial charge in [-0.1, -0.05) is 5.92 Å². The summed E-state index contributed by atoms with van der Waals surface area (Å²) in [6, 6.07) is 4.90. The Balaban J connectivity index is 3.04. The SMILES string of the molecule is C#CCn1c(=O)c(C#N)c(O)c2nc(Br)ccc21. The zero-order chi connectivity index (χ0) is 13.3. The summed E-state index contributed by atoms with van der Waals surface area (Å²) in [6.45, 7) is 0.00755. The maximum atomic E-state index is 12.0. The van der Waals surface area contributed by atoms with Crippen molar-refractivity contribution in [3.63, 3.8) is 0 Å². The van der Waals surface area contributed by atoms with E-state index in [9.17, 15) is 9.90 Å². The second-order valence-electron chi connectivity index (χ2n) is 3.43. The fourth-order valence-corrected chi connectivity index (χ4v) is 1.94. The molecule has 0 bridgehead atoms. The molecule has 0 saturated carbocycles. The maximum Gasteiger partial charge on any atom is 0.273 e. The van der Waals surface area contributed by atoms with E-state index in [0.29, 0.717) is 10.1 Å². The smallest absolute Gasteiger partial charge is 0.273 e. The van der Waals surface area contributed by atoms with Gasteiger partial charge in [0.25, 0.3) is 5.56 Å². The van der Waals surface area contributed by atoms with Crippen LogP contribution in [0.1, 0.15) is 5.56 Å². The predicted octanol–water partition coefficient (Wildman–Crippen LogP) is 1.37. The van der Waals surface area contributed by atoms with Crippen molar-refractivity contribution in [1.82, 2.24) is 9.55 Å². The lowest BCUT2D eigenvalue weighted by molar-refractivity contribution is 0.476. The van der Waals surface area contributed by atoms with Crippen LogP contribution in [0.4, 0.5) is 0 Å². The van der Waals surface area contributed by atoms with E-state index in [1.807, 2.05) is 0 Å². The Kier molecular flexibility index (Phi) is 3.05. The Labute approximate surface area is 110 Å². The number of rotatable bonds is 1. The van der Waals surface area contributed by atoms with E-state index in [4.69, 9.17) is 11.7 Å². The van der Waals surface area contributed by atoms with Gasteiger partial charge in [0.15, 0.2) is 11.3 Å². The molecule has 0 amide bonds. The Hall–Kier alpha value is -2.31. The van der Waals surface area contributed by atoms with Crippen molar-refractivity contribution in [2.24, 2.45) is 0 Å².